The van der Waals surface area contributed by atoms with Crippen LogP contribution in [-0.4, -0.2) is 5.91 Å². The molecule has 29 heavy (non-hydrogen) atoms. The molecule has 140 valence electrons. The number of hydrogen-bond donors (Lipinski definition) is 1. The summed E-state index contributed by atoms with van der Waals surface area (Å²) in [6.07, 6.45) is 1.36. The molecule has 0 saturated heterocycles. The number of hydrogen-bond acceptors (Lipinski definition) is 3. The minimum absolute atomic E-state index is 0.0988. The van der Waals surface area contributed by atoms with Crippen molar-refractivity contribution in [2.45, 2.75) is 0 Å². The van der Waals surface area contributed by atoms with Crippen molar-refractivity contribution < 1.29 is 13.6 Å². The SMILES string of the molecule is N#C/C(=C\c1ccc(-c2cccc(F)c2)o1)C(=O)Nc1ccc2ccccc2c1. The molecule has 0 fully saturated rings. The minimum atomic E-state index is -0.536. The van der Waals surface area contributed by atoms with E-state index in [1.54, 1.807) is 30.3 Å². The molecule has 0 aliphatic heterocycles. The van der Waals surface area contributed by atoms with Gasteiger partial charge in [-0.1, -0.05) is 42.5 Å². The van der Waals surface area contributed by atoms with Gasteiger partial charge in [-0.2, -0.15) is 5.26 Å². The lowest BCUT2D eigenvalue weighted by Gasteiger charge is -2.05. The molecule has 4 aromatic rings. The summed E-state index contributed by atoms with van der Waals surface area (Å²) in [6, 6.07) is 24.5. The van der Waals surface area contributed by atoms with E-state index < -0.39 is 5.91 Å². The van der Waals surface area contributed by atoms with Crippen molar-refractivity contribution >= 4 is 28.4 Å². The van der Waals surface area contributed by atoms with Crippen LogP contribution in [0.1, 0.15) is 5.76 Å². The van der Waals surface area contributed by atoms with E-state index in [4.69, 9.17) is 4.42 Å². The molecule has 0 radical (unpaired) electrons. The van der Waals surface area contributed by atoms with E-state index in [1.807, 2.05) is 42.5 Å². The summed E-state index contributed by atoms with van der Waals surface area (Å²) in [5.41, 5.74) is 1.07. The van der Waals surface area contributed by atoms with E-state index in [0.29, 0.717) is 22.8 Å². The zero-order valence-corrected chi connectivity index (χ0v) is 15.2. The molecule has 1 N–H and O–H groups in total. The fraction of sp³-hybridized carbons (Fsp3) is 0. The second-order valence-corrected chi connectivity index (χ2v) is 6.40. The van der Waals surface area contributed by atoms with Crippen molar-refractivity contribution in [1.29, 1.82) is 5.26 Å². The second kappa shape index (κ2) is 7.83. The molecule has 3 aromatic carbocycles. The Morgan fingerprint density at radius 1 is 0.966 bits per heavy atom. The number of amides is 1. The third-order valence-electron chi connectivity index (χ3n) is 4.39. The van der Waals surface area contributed by atoms with Crippen LogP contribution >= 0.6 is 0 Å². The zero-order chi connectivity index (χ0) is 20.2. The third kappa shape index (κ3) is 4.07. The van der Waals surface area contributed by atoms with Gasteiger partial charge in [0.2, 0.25) is 0 Å². The number of nitrogens with zero attached hydrogens (tertiary/aromatic N) is 1. The van der Waals surface area contributed by atoms with Crippen molar-refractivity contribution in [3.8, 4) is 17.4 Å². The number of fused-ring (bicyclic) bond motifs is 1. The largest absolute Gasteiger partial charge is 0.457 e. The number of furan rings is 1. The van der Waals surface area contributed by atoms with Gasteiger partial charge in [0.1, 0.15) is 29.0 Å². The van der Waals surface area contributed by atoms with Crippen LogP contribution in [-0.2, 0) is 4.79 Å². The van der Waals surface area contributed by atoms with Crippen LogP contribution in [0.25, 0.3) is 28.2 Å². The van der Waals surface area contributed by atoms with Crippen molar-refractivity contribution in [2.75, 3.05) is 5.32 Å². The summed E-state index contributed by atoms with van der Waals surface area (Å²) in [5, 5.41) is 14.2. The molecule has 0 saturated carbocycles. The van der Waals surface area contributed by atoms with Gasteiger partial charge in [0.05, 0.1) is 0 Å². The summed E-state index contributed by atoms with van der Waals surface area (Å²) in [6.45, 7) is 0. The van der Waals surface area contributed by atoms with E-state index in [-0.39, 0.29) is 11.4 Å². The predicted molar refractivity (Wildman–Crippen MR) is 110 cm³/mol. The number of nitriles is 1. The molecule has 0 atom stereocenters. The standard InChI is InChI=1S/C24H15FN2O2/c25-20-7-3-6-18(12-20)23-11-10-22(29-23)14-19(15-26)24(28)27-21-9-8-16-4-1-2-5-17(16)13-21/h1-14H,(H,27,28)/b19-14+. The van der Waals surface area contributed by atoms with Gasteiger partial charge in [-0.05, 0) is 47.2 Å². The first kappa shape index (κ1) is 18.2. The lowest BCUT2D eigenvalue weighted by molar-refractivity contribution is -0.112. The normalized spacial score (nSPS) is 11.2. The van der Waals surface area contributed by atoms with Crippen LogP contribution in [0.2, 0.25) is 0 Å². The molecule has 0 bridgehead atoms. The molecule has 0 unspecified atom stereocenters. The molecule has 0 spiro atoms. The number of nitrogens with one attached hydrogen (secondary N) is 1. The summed E-state index contributed by atoms with van der Waals surface area (Å²) in [5.74, 6) is -0.132. The van der Waals surface area contributed by atoms with Gasteiger partial charge >= 0.3 is 0 Å². The predicted octanol–water partition coefficient (Wildman–Crippen LogP) is 5.78. The highest BCUT2D eigenvalue weighted by atomic mass is 19.1. The maximum Gasteiger partial charge on any atom is 0.266 e. The Morgan fingerprint density at radius 3 is 2.59 bits per heavy atom. The summed E-state index contributed by atoms with van der Waals surface area (Å²) in [4.78, 5) is 12.5. The van der Waals surface area contributed by atoms with Crippen LogP contribution in [0.3, 0.4) is 0 Å². The maximum absolute atomic E-state index is 13.4. The van der Waals surface area contributed by atoms with Gasteiger partial charge in [-0.15, -0.1) is 0 Å². The Bertz CT molecular complexity index is 1280. The fourth-order valence-corrected chi connectivity index (χ4v) is 2.98. The Labute approximate surface area is 166 Å². The van der Waals surface area contributed by atoms with E-state index in [9.17, 15) is 14.4 Å². The molecule has 4 nitrogen and oxygen atoms in total. The van der Waals surface area contributed by atoms with Crippen molar-refractivity contribution in [2.24, 2.45) is 0 Å². The molecule has 4 rings (SSSR count). The summed E-state index contributed by atoms with van der Waals surface area (Å²) >= 11 is 0. The van der Waals surface area contributed by atoms with Gasteiger partial charge in [-0.3, -0.25) is 4.79 Å². The Morgan fingerprint density at radius 2 is 1.79 bits per heavy atom. The van der Waals surface area contributed by atoms with E-state index >= 15 is 0 Å². The number of benzene rings is 3. The number of halogens is 1. The van der Waals surface area contributed by atoms with E-state index in [1.165, 1.54) is 18.2 Å². The highest BCUT2D eigenvalue weighted by molar-refractivity contribution is 6.10. The van der Waals surface area contributed by atoms with Crippen LogP contribution in [0.4, 0.5) is 10.1 Å². The summed E-state index contributed by atoms with van der Waals surface area (Å²) < 4.78 is 19.0. The fourth-order valence-electron chi connectivity index (χ4n) is 2.98. The molecular weight excluding hydrogens is 367 g/mol. The second-order valence-electron chi connectivity index (χ2n) is 6.40. The quantitative estimate of drug-likeness (QED) is 0.359. The number of carbonyl (C=O) groups is 1. The van der Waals surface area contributed by atoms with Crippen LogP contribution in [0, 0.1) is 17.1 Å². The average molecular weight is 382 g/mol. The van der Waals surface area contributed by atoms with Crippen molar-refractivity contribution in [3.05, 3.63) is 96.0 Å². The third-order valence-corrected chi connectivity index (χ3v) is 4.39. The monoisotopic (exact) mass is 382 g/mol. The number of anilines is 1. The molecule has 1 heterocycles. The molecule has 0 aliphatic carbocycles. The average Bonchev–Trinajstić information content (AvgIpc) is 3.20. The molecular formula is C24H15FN2O2. The first-order valence-corrected chi connectivity index (χ1v) is 8.90. The zero-order valence-electron chi connectivity index (χ0n) is 15.2. The first-order valence-electron chi connectivity index (χ1n) is 8.90. The van der Waals surface area contributed by atoms with Crippen LogP contribution in [0.15, 0.2) is 88.9 Å². The van der Waals surface area contributed by atoms with E-state index in [0.717, 1.165) is 10.8 Å². The van der Waals surface area contributed by atoms with Gasteiger partial charge in [0.25, 0.3) is 5.91 Å². The smallest absolute Gasteiger partial charge is 0.266 e. The first-order chi connectivity index (χ1) is 14.1. The van der Waals surface area contributed by atoms with Crippen molar-refractivity contribution in [1.82, 2.24) is 0 Å². The lowest BCUT2D eigenvalue weighted by Crippen LogP contribution is -2.13. The Kier molecular flexibility index (Phi) is 4.91. The van der Waals surface area contributed by atoms with Gasteiger partial charge < -0.3 is 9.73 Å². The van der Waals surface area contributed by atoms with Gasteiger partial charge in [0.15, 0.2) is 0 Å². The molecule has 5 heteroatoms. The summed E-state index contributed by atoms with van der Waals surface area (Å²) in [7, 11) is 0. The van der Waals surface area contributed by atoms with Gasteiger partial charge in [0, 0.05) is 17.3 Å². The highest BCUT2D eigenvalue weighted by Crippen LogP contribution is 2.24. The Balaban J connectivity index is 1.55. The minimum Gasteiger partial charge on any atom is -0.457 e. The number of carbonyl (C=O) groups excluding carboxylic acids is 1. The lowest BCUT2D eigenvalue weighted by atomic mass is 10.1. The topological polar surface area (TPSA) is 66.0 Å². The number of rotatable bonds is 4. The maximum atomic E-state index is 13.4. The van der Waals surface area contributed by atoms with E-state index in [2.05, 4.69) is 5.32 Å². The van der Waals surface area contributed by atoms with Crippen molar-refractivity contribution in [3.63, 3.8) is 0 Å². The van der Waals surface area contributed by atoms with Crippen LogP contribution in [0.5, 0.6) is 0 Å². The molecule has 0 aliphatic rings. The van der Waals surface area contributed by atoms with Crippen LogP contribution < -0.4 is 5.32 Å². The van der Waals surface area contributed by atoms with Gasteiger partial charge in [-0.25, -0.2) is 4.39 Å². The Hall–Kier alpha value is -4.17. The molecule has 1 amide bonds. The molecule has 1 aromatic heterocycles. The highest BCUT2D eigenvalue weighted by Gasteiger charge is 2.12.